The van der Waals surface area contributed by atoms with Crippen molar-refractivity contribution in [1.82, 2.24) is 0 Å². The van der Waals surface area contributed by atoms with Gasteiger partial charge in [-0.2, -0.15) is 0 Å². The van der Waals surface area contributed by atoms with Crippen LogP contribution in [0.25, 0.3) is 0 Å². The minimum atomic E-state index is -0.0484. The molecule has 1 atom stereocenters. The highest BCUT2D eigenvalue weighted by molar-refractivity contribution is 5.15. The van der Waals surface area contributed by atoms with Gasteiger partial charge in [-0.3, -0.25) is 0 Å². The molecule has 0 aromatic heterocycles. The van der Waals surface area contributed by atoms with Gasteiger partial charge in [-0.25, -0.2) is 0 Å². The summed E-state index contributed by atoms with van der Waals surface area (Å²) in [5.74, 6) is 0. The number of benzene rings is 1. The first-order chi connectivity index (χ1) is 8.01. The van der Waals surface area contributed by atoms with Crippen molar-refractivity contribution in [3.05, 3.63) is 35.9 Å². The Morgan fingerprint density at radius 3 is 2.29 bits per heavy atom. The lowest BCUT2D eigenvalue weighted by Crippen LogP contribution is -2.29. The Hall–Kier alpha value is -0.820. The van der Waals surface area contributed by atoms with Gasteiger partial charge in [0, 0.05) is 0 Å². The molecule has 1 nitrogen and oxygen atoms in total. The second kappa shape index (κ2) is 6.80. The van der Waals surface area contributed by atoms with Gasteiger partial charge in [-0.1, -0.05) is 50.1 Å². The maximum Gasteiger partial charge on any atom is 0.0622 e. The molecule has 0 spiro atoms. The SMILES string of the molecule is CCCCC(Cc1ccccc1)OC(C)(C)C. The molecule has 0 saturated heterocycles. The second-order valence-electron chi connectivity index (χ2n) is 5.68. The zero-order valence-corrected chi connectivity index (χ0v) is 11.7. The van der Waals surface area contributed by atoms with Crippen LogP contribution in [0.3, 0.4) is 0 Å². The summed E-state index contributed by atoms with van der Waals surface area (Å²) in [5.41, 5.74) is 1.32. The first-order valence-corrected chi connectivity index (χ1v) is 6.73. The average molecular weight is 234 g/mol. The van der Waals surface area contributed by atoms with Gasteiger partial charge in [-0.15, -0.1) is 0 Å². The normalized spacial score (nSPS) is 13.6. The lowest BCUT2D eigenvalue weighted by atomic mass is 10.0. The van der Waals surface area contributed by atoms with Gasteiger partial charge in [0.2, 0.25) is 0 Å². The smallest absolute Gasteiger partial charge is 0.0622 e. The molecule has 0 amide bonds. The molecule has 1 unspecified atom stereocenters. The van der Waals surface area contributed by atoms with Crippen LogP contribution in [0.2, 0.25) is 0 Å². The van der Waals surface area contributed by atoms with Gasteiger partial charge < -0.3 is 4.74 Å². The van der Waals surface area contributed by atoms with Gasteiger partial charge in [-0.05, 0) is 39.2 Å². The van der Waals surface area contributed by atoms with E-state index in [-0.39, 0.29) is 5.60 Å². The van der Waals surface area contributed by atoms with Crippen molar-refractivity contribution in [3.63, 3.8) is 0 Å². The van der Waals surface area contributed by atoms with Crippen LogP contribution < -0.4 is 0 Å². The van der Waals surface area contributed by atoms with Crippen molar-refractivity contribution in [2.24, 2.45) is 0 Å². The van der Waals surface area contributed by atoms with Gasteiger partial charge in [0.25, 0.3) is 0 Å². The largest absolute Gasteiger partial charge is 0.372 e. The van der Waals surface area contributed by atoms with Gasteiger partial charge in [0.05, 0.1) is 11.7 Å². The molecule has 1 aromatic carbocycles. The number of hydrogen-bond donors (Lipinski definition) is 0. The lowest BCUT2D eigenvalue weighted by Gasteiger charge is -2.28. The van der Waals surface area contributed by atoms with E-state index in [4.69, 9.17) is 4.74 Å². The fourth-order valence-electron chi connectivity index (χ4n) is 2.01. The monoisotopic (exact) mass is 234 g/mol. The Kier molecular flexibility index (Phi) is 5.70. The maximum atomic E-state index is 6.14. The minimum absolute atomic E-state index is 0.0484. The Morgan fingerprint density at radius 1 is 1.12 bits per heavy atom. The molecule has 0 fully saturated rings. The highest BCUT2D eigenvalue weighted by atomic mass is 16.5. The van der Waals surface area contributed by atoms with Gasteiger partial charge in [0.15, 0.2) is 0 Å². The van der Waals surface area contributed by atoms with E-state index >= 15 is 0 Å². The molecule has 1 aromatic rings. The van der Waals surface area contributed by atoms with Gasteiger partial charge >= 0.3 is 0 Å². The lowest BCUT2D eigenvalue weighted by molar-refractivity contribution is -0.0630. The van der Waals surface area contributed by atoms with Gasteiger partial charge in [0.1, 0.15) is 0 Å². The molecular weight excluding hydrogens is 208 g/mol. The Morgan fingerprint density at radius 2 is 1.76 bits per heavy atom. The predicted molar refractivity (Wildman–Crippen MR) is 74.3 cm³/mol. The first-order valence-electron chi connectivity index (χ1n) is 6.73. The molecule has 0 bridgehead atoms. The fraction of sp³-hybridized carbons (Fsp3) is 0.625. The maximum absolute atomic E-state index is 6.14. The number of unbranched alkanes of at least 4 members (excludes halogenated alkanes) is 1. The Bertz CT molecular complexity index is 297. The Balaban J connectivity index is 2.57. The third-order valence-electron chi connectivity index (χ3n) is 2.71. The summed E-state index contributed by atoms with van der Waals surface area (Å²) in [5, 5.41) is 0. The standard InChI is InChI=1S/C16H26O/c1-5-6-12-15(17-16(2,3)4)13-14-10-8-7-9-11-14/h7-11,15H,5-6,12-13H2,1-4H3. The highest BCUT2D eigenvalue weighted by Crippen LogP contribution is 2.18. The number of hydrogen-bond acceptors (Lipinski definition) is 1. The topological polar surface area (TPSA) is 9.23 Å². The van der Waals surface area contributed by atoms with Crippen LogP contribution in [0.1, 0.15) is 52.5 Å². The molecule has 0 N–H and O–H groups in total. The molecule has 96 valence electrons. The summed E-state index contributed by atoms with van der Waals surface area (Å²) >= 11 is 0. The molecular formula is C16H26O. The molecule has 1 heteroatoms. The second-order valence-corrected chi connectivity index (χ2v) is 5.68. The van der Waals surface area contributed by atoms with Crippen LogP contribution >= 0.6 is 0 Å². The van der Waals surface area contributed by atoms with Crippen LogP contribution in [-0.4, -0.2) is 11.7 Å². The third-order valence-corrected chi connectivity index (χ3v) is 2.71. The Labute approximate surface area is 106 Å². The van der Waals surface area contributed by atoms with Crippen LogP contribution in [0, 0.1) is 0 Å². The van der Waals surface area contributed by atoms with E-state index in [1.54, 1.807) is 0 Å². The molecule has 0 radical (unpaired) electrons. The number of ether oxygens (including phenoxy) is 1. The van der Waals surface area contributed by atoms with E-state index in [9.17, 15) is 0 Å². The van der Waals surface area contributed by atoms with E-state index in [0.717, 1.165) is 12.8 Å². The summed E-state index contributed by atoms with van der Waals surface area (Å²) in [6, 6.07) is 10.6. The van der Waals surface area contributed by atoms with Crippen LogP contribution in [-0.2, 0) is 11.2 Å². The zero-order valence-electron chi connectivity index (χ0n) is 11.7. The molecule has 0 heterocycles. The average Bonchev–Trinajstić information content (AvgIpc) is 2.25. The van der Waals surface area contributed by atoms with Crippen LogP contribution in [0.4, 0.5) is 0 Å². The molecule has 0 saturated carbocycles. The predicted octanol–water partition coefficient (Wildman–Crippen LogP) is 4.60. The molecule has 17 heavy (non-hydrogen) atoms. The van der Waals surface area contributed by atoms with E-state index < -0.39 is 0 Å². The number of rotatable bonds is 6. The summed E-state index contributed by atoms with van der Waals surface area (Å²) in [6.45, 7) is 8.64. The van der Waals surface area contributed by atoms with Crippen molar-refractivity contribution < 1.29 is 4.74 Å². The molecule has 0 aliphatic rings. The van der Waals surface area contributed by atoms with Crippen molar-refractivity contribution in [3.8, 4) is 0 Å². The summed E-state index contributed by atoms with van der Waals surface area (Å²) in [7, 11) is 0. The highest BCUT2D eigenvalue weighted by Gasteiger charge is 2.18. The molecule has 0 aliphatic heterocycles. The van der Waals surface area contributed by atoms with E-state index in [1.807, 2.05) is 0 Å². The summed E-state index contributed by atoms with van der Waals surface area (Å²) < 4.78 is 6.14. The zero-order chi connectivity index (χ0) is 12.7. The van der Waals surface area contributed by atoms with Crippen molar-refractivity contribution in [2.45, 2.75) is 65.1 Å². The van der Waals surface area contributed by atoms with Crippen molar-refractivity contribution in [2.75, 3.05) is 0 Å². The van der Waals surface area contributed by atoms with Crippen LogP contribution in [0.15, 0.2) is 30.3 Å². The third kappa shape index (κ3) is 6.48. The van der Waals surface area contributed by atoms with Crippen molar-refractivity contribution in [1.29, 1.82) is 0 Å². The van der Waals surface area contributed by atoms with Crippen LogP contribution in [0.5, 0.6) is 0 Å². The molecule has 0 aliphatic carbocycles. The van der Waals surface area contributed by atoms with Crippen molar-refractivity contribution >= 4 is 0 Å². The molecule has 1 rings (SSSR count). The quantitative estimate of drug-likeness (QED) is 0.699. The summed E-state index contributed by atoms with van der Waals surface area (Å²) in [6.07, 6.45) is 5.00. The minimum Gasteiger partial charge on any atom is -0.372 e. The first kappa shape index (κ1) is 14.2. The van der Waals surface area contributed by atoms with E-state index in [1.165, 1.54) is 18.4 Å². The van der Waals surface area contributed by atoms with E-state index in [2.05, 4.69) is 58.0 Å². The summed E-state index contributed by atoms with van der Waals surface area (Å²) in [4.78, 5) is 0. The van der Waals surface area contributed by atoms with E-state index in [0.29, 0.717) is 6.10 Å². The fourth-order valence-corrected chi connectivity index (χ4v) is 2.01.